The van der Waals surface area contributed by atoms with E-state index in [4.69, 9.17) is 9.47 Å². The van der Waals surface area contributed by atoms with Gasteiger partial charge in [0.2, 0.25) is 0 Å². The van der Waals surface area contributed by atoms with Gasteiger partial charge in [-0.05, 0) is 30.2 Å². The second-order valence-electron chi connectivity index (χ2n) is 7.39. The largest absolute Gasteiger partial charge is 0.491 e. The summed E-state index contributed by atoms with van der Waals surface area (Å²) in [6.07, 6.45) is -0.533. The van der Waals surface area contributed by atoms with Gasteiger partial charge in [0.25, 0.3) is 0 Å². The third kappa shape index (κ3) is 6.91. The van der Waals surface area contributed by atoms with Crippen molar-refractivity contribution in [2.24, 2.45) is 0 Å². The van der Waals surface area contributed by atoms with Crippen molar-refractivity contribution in [2.45, 2.75) is 19.6 Å². The molecule has 0 aliphatic carbocycles. The monoisotopic (exact) mass is 384 g/mol. The van der Waals surface area contributed by atoms with Crippen LogP contribution in [0.25, 0.3) is 0 Å². The fraction of sp³-hybridized carbons (Fsp3) is 0.478. The van der Waals surface area contributed by atoms with Crippen molar-refractivity contribution in [2.75, 3.05) is 52.5 Å². The van der Waals surface area contributed by atoms with Crippen molar-refractivity contribution < 1.29 is 14.6 Å². The number of morpholine rings is 1. The molecule has 0 saturated carbocycles. The van der Waals surface area contributed by atoms with Gasteiger partial charge in [0, 0.05) is 39.3 Å². The lowest BCUT2D eigenvalue weighted by Crippen LogP contribution is -2.43. The molecule has 2 aromatic carbocycles. The van der Waals surface area contributed by atoms with E-state index in [1.54, 1.807) is 0 Å². The highest BCUT2D eigenvalue weighted by Gasteiger charge is 2.17. The number of aliphatic hydroxyl groups excluding tert-OH is 1. The third-order valence-corrected chi connectivity index (χ3v) is 5.15. The van der Waals surface area contributed by atoms with E-state index in [0.29, 0.717) is 13.2 Å². The van der Waals surface area contributed by atoms with E-state index < -0.39 is 6.10 Å². The number of benzene rings is 2. The van der Waals surface area contributed by atoms with Crippen LogP contribution in [0.2, 0.25) is 0 Å². The lowest BCUT2D eigenvalue weighted by molar-refractivity contribution is 0.0255. The standard InChI is InChI=1S/C23H32N2O3/c1-20-7-5-6-8-21(20)17-25(12-11-24-13-15-27-16-14-24)18-22(26)19-28-23-9-3-2-4-10-23/h2-10,22,26H,11-19H2,1H3. The first-order valence-corrected chi connectivity index (χ1v) is 10.1. The highest BCUT2D eigenvalue weighted by Crippen LogP contribution is 2.13. The molecule has 5 nitrogen and oxygen atoms in total. The summed E-state index contributed by atoms with van der Waals surface area (Å²) < 4.78 is 11.2. The highest BCUT2D eigenvalue weighted by molar-refractivity contribution is 5.25. The Morgan fingerprint density at radius 3 is 2.54 bits per heavy atom. The van der Waals surface area contributed by atoms with Crippen LogP contribution < -0.4 is 4.74 Å². The second kappa shape index (κ2) is 11.2. The molecule has 0 bridgehead atoms. The number of aliphatic hydroxyl groups is 1. The number of para-hydroxylation sites is 1. The van der Waals surface area contributed by atoms with Crippen LogP contribution in [0.15, 0.2) is 54.6 Å². The number of hydrogen-bond donors (Lipinski definition) is 1. The van der Waals surface area contributed by atoms with Gasteiger partial charge in [0.1, 0.15) is 18.5 Å². The molecule has 1 N–H and O–H groups in total. The Morgan fingerprint density at radius 1 is 1.07 bits per heavy atom. The zero-order valence-corrected chi connectivity index (χ0v) is 16.8. The van der Waals surface area contributed by atoms with Gasteiger partial charge in [-0.2, -0.15) is 0 Å². The van der Waals surface area contributed by atoms with Gasteiger partial charge in [-0.3, -0.25) is 9.80 Å². The molecule has 2 aromatic rings. The van der Waals surface area contributed by atoms with E-state index in [0.717, 1.165) is 51.7 Å². The van der Waals surface area contributed by atoms with Gasteiger partial charge < -0.3 is 14.6 Å². The van der Waals surface area contributed by atoms with E-state index in [9.17, 15) is 5.11 Å². The molecule has 0 spiro atoms. The predicted octanol–water partition coefficient (Wildman–Crippen LogP) is 2.57. The Labute approximate surface area is 168 Å². The number of aryl methyl sites for hydroxylation is 1. The Balaban J connectivity index is 1.55. The number of nitrogens with zero attached hydrogens (tertiary/aromatic N) is 2. The lowest BCUT2D eigenvalue weighted by atomic mass is 10.1. The molecule has 3 rings (SSSR count). The summed E-state index contributed by atoms with van der Waals surface area (Å²) in [5.41, 5.74) is 2.59. The molecular weight excluding hydrogens is 352 g/mol. The number of hydrogen-bond acceptors (Lipinski definition) is 5. The number of ether oxygens (including phenoxy) is 2. The molecule has 28 heavy (non-hydrogen) atoms. The number of rotatable bonds is 10. The Hall–Kier alpha value is -1.92. The minimum absolute atomic E-state index is 0.297. The average molecular weight is 385 g/mol. The van der Waals surface area contributed by atoms with Crippen LogP contribution in [-0.4, -0.2) is 73.6 Å². The lowest BCUT2D eigenvalue weighted by Gasteiger charge is -2.31. The fourth-order valence-electron chi connectivity index (χ4n) is 3.43. The molecule has 5 heteroatoms. The van der Waals surface area contributed by atoms with E-state index >= 15 is 0 Å². The van der Waals surface area contributed by atoms with Crippen molar-refractivity contribution in [1.82, 2.24) is 9.80 Å². The summed E-state index contributed by atoms with van der Waals surface area (Å²) in [5, 5.41) is 10.6. The van der Waals surface area contributed by atoms with Crippen LogP contribution in [-0.2, 0) is 11.3 Å². The predicted molar refractivity (Wildman–Crippen MR) is 112 cm³/mol. The van der Waals surface area contributed by atoms with Gasteiger partial charge in [-0.25, -0.2) is 0 Å². The Kier molecular flexibility index (Phi) is 8.30. The highest BCUT2D eigenvalue weighted by atomic mass is 16.5. The quantitative estimate of drug-likeness (QED) is 0.682. The zero-order valence-electron chi connectivity index (χ0n) is 16.8. The van der Waals surface area contributed by atoms with Crippen LogP contribution in [0.4, 0.5) is 0 Å². The maximum absolute atomic E-state index is 10.6. The molecule has 1 atom stereocenters. The first-order chi connectivity index (χ1) is 13.7. The Morgan fingerprint density at radius 2 is 1.79 bits per heavy atom. The summed E-state index contributed by atoms with van der Waals surface area (Å²) in [7, 11) is 0. The van der Waals surface area contributed by atoms with Gasteiger partial charge in [-0.1, -0.05) is 42.5 Å². The SMILES string of the molecule is Cc1ccccc1CN(CCN1CCOCC1)CC(O)COc1ccccc1. The smallest absolute Gasteiger partial charge is 0.119 e. The van der Waals surface area contributed by atoms with E-state index in [1.165, 1.54) is 11.1 Å². The first-order valence-electron chi connectivity index (χ1n) is 10.1. The summed E-state index contributed by atoms with van der Waals surface area (Å²) >= 11 is 0. The molecule has 152 valence electrons. The van der Waals surface area contributed by atoms with Crippen LogP contribution in [0.1, 0.15) is 11.1 Å². The summed E-state index contributed by atoms with van der Waals surface area (Å²) in [4.78, 5) is 4.76. The molecule has 1 aliphatic heterocycles. The molecule has 1 aliphatic rings. The minimum Gasteiger partial charge on any atom is -0.491 e. The molecule has 0 amide bonds. The summed E-state index contributed by atoms with van der Waals surface area (Å²) in [5.74, 6) is 0.792. The van der Waals surface area contributed by atoms with E-state index in [-0.39, 0.29) is 0 Å². The van der Waals surface area contributed by atoms with Crippen LogP contribution >= 0.6 is 0 Å². The first kappa shape index (κ1) is 20.8. The molecule has 1 saturated heterocycles. The van der Waals surface area contributed by atoms with Crippen molar-refractivity contribution in [3.8, 4) is 5.75 Å². The van der Waals surface area contributed by atoms with Crippen LogP contribution in [0.5, 0.6) is 5.75 Å². The van der Waals surface area contributed by atoms with Crippen molar-refractivity contribution >= 4 is 0 Å². The fourth-order valence-corrected chi connectivity index (χ4v) is 3.43. The van der Waals surface area contributed by atoms with Gasteiger partial charge >= 0.3 is 0 Å². The third-order valence-electron chi connectivity index (χ3n) is 5.15. The molecular formula is C23H32N2O3. The van der Waals surface area contributed by atoms with Gasteiger partial charge in [0.05, 0.1) is 13.2 Å². The molecule has 1 heterocycles. The van der Waals surface area contributed by atoms with Crippen LogP contribution in [0, 0.1) is 6.92 Å². The second-order valence-corrected chi connectivity index (χ2v) is 7.39. The minimum atomic E-state index is -0.533. The van der Waals surface area contributed by atoms with Gasteiger partial charge in [-0.15, -0.1) is 0 Å². The topological polar surface area (TPSA) is 45.2 Å². The van der Waals surface area contributed by atoms with E-state index in [1.807, 2.05) is 30.3 Å². The van der Waals surface area contributed by atoms with Crippen molar-refractivity contribution in [3.05, 3.63) is 65.7 Å². The summed E-state index contributed by atoms with van der Waals surface area (Å²) in [6, 6.07) is 18.1. The van der Waals surface area contributed by atoms with Crippen molar-refractivity contribution in [1.29, 1.82) is 0 Å². The zero-order chi connectivity index (χ0) is 19.6. The molecule has 1 fully saturated rings. The van der Waals surface area contributed by atoms with Crippen molar-refractivity contribution in [3.63, 3.8) is 0 Å². The average Bonchev–Trinajstić information content (AvgIpc) is 2.73. The molecule has 0 radical (unpaired) electrons. The maximum Gasteiger partial charge on any atom is 0.119 e. The maximum atomic E-state index is 10.6. The summed E-state index contributed by atoms with van der Waals surface area (Å²) in [6.45, 7) is 9.35. The van der Waals surface area contributed by atoms with E-state index in [2.05, 4.69) is 41.0 Å². The van der Waals surface area contributed by atoms with Crippen LogP contribution in [0.3, 0.4) is 0 Å². The normalized spacial score (nSPS) is 16.2. The molecule has 1 unspecified atom stereocenters. The molecule has 0 aromatic heterocycles. The van der Waals surface area contributed by atoms with Gasteiger partial charge in [0.15, 0.2) is 0 Å². The Bertz CT molecular complexity index is 689.